The highest BCUT2D eigenvalue weighted by atomic mass is 16.5. The molecule has 118 valence electrons. The van der Waals surface area contributed by atoms with Crippen molar-refractivity contribution in [2.75, 3.05) is 31.4 Å². The molecule has 5 nitrogen and oxygen atoms in total. The van der Waals surface area contributed by atoms with Crippen molar-refractivity contribution in [3.8, 4) is 23.8 Å². The Hall–Kier alpha value is -3.13. The second-order valence-electron chi connectivity index (χ2n) is 4.69. The largest absolute Gasteiger partial charge is 0.497 e. The minimum Gasteiger partial charge on any atom is -0.497 e. The predicted octanol–water partition coefficient (Wildman–Crippen LogP) is 2.74. The Labute approximate surface area is 135 Å². The summed E-state index contributed by atoms with van der Waals surface area (Å²) in [6.07, 6.45) is 5.35. The van der Waals surface area contributed by atoms with Gasteiger partial charge in [-0.3, -0.25) is 4.79 Å². The maximum absolute atomic E-state index is 12.1. The fraction of sp³-hybridized carbons (Fsp3) is 0.167. The monoisotopic (exact) mass is 310 g/mol. The Morgan fingerprint density at radius 1 is 1.17 bits per heavy atom. The lowest BCUT2D eigenvalue weighted by molar-refractivity contribution is -0.114. The quantitative estimate of drug-likeness (QED) is 0.806. The van der Waals surface area contributed by atoms with Gasteiger partial charge in [-0.15, -0.1) is 6.42 Å². The van der Waals surface area contributed by atoms with Gasteiger partial charge < -0.3 is 20.1 Å². The zero-order valence-electron chi connectivity index (χ0n) is 13.1. The van der Waals surface area contributed by atoms with Crippen molar-refractivity contribution in [1.82, 2.24) is 0 Å². The molecule has 2 aromatic rings. The van der Waals surface area contributed by atoms with Gasteiger partial charge in [0.05, 0.1) is 26.5 Å². The first kappa shape index (κ1) is 16.2. The molecule has 0 saturated carbocycles. The Morgan fingerprint density at radius 2 is 2.00 bits per heavy atom. The summed E-state index contributed by atoms with van der Waals surface area (Å²) in [4.78, 5) is 12.1. The number of terminal acetylenes is 1. The molecule has 2 N–H and O–H groups in total. The van der Waals surface area contributed by atoms with E-state index >= 15 is 0 Å². The molecule has 0 saturated heterocycles. The number of hydrogen-bond donors (Lipinski definition) is 2. The summed E-state index contributed by atoms with van der Waals surface area (Å²) in [6.45, 7) is 0.106. The maximum atomic E-state index is 12.1. The molecular weight excluding hydrogens is 292 g/mol. The van der Waals surface area contributed by atoms with Crippen LogP contribution < -0.4 is 20.1 Å². The van der Waals surface area contributed by atoms with Gasteiger partial charge in [-0.05, 0) is 30.3 Å². The zero-order chi connectivity index (χ0) is 16.7. The number of carbonyl (C=O) groups excluding carboxylic acids is 1. The Morgan fingerprint density at radius 3 is 2.70 bits per heavy atom. The number of amides is 1. The molecule has 0 aliphatic heterocycles. The van der Waals surface area contributed by atoms with Crippen LogP contribution in [0.2, 0.25) is 0 Å². The molecule has 0 atom stereocenters. The van der Waals surface area contributed by atoms with Gasteiger partial charge in [0.1, 0.15) is 11.5 Å². The molecule has 0 aromatic heterocycles. The molecule has 0 aliphatic carbocycles. The summed E-state index contributed by atoms with van der Waals surface area (Å²) in [5.74, 6) is 3.54. The summed E-state index contributed by atoms with van der Waals surface area (Å²) in [6, 6.07) is 12.5. The summed E-state index contributed by atoms with van der Waals surface area (Å²) in [5.41, 5.74) is 2.09. The van der Waals surface area contributed by atoms with Crippen LogP contribution >= 0.6 is 0 Å². The molecular formula is C18H18N2O3. The van der Waals surface area contributed by atoms with E-state index in [9.17, 15) is 4.79 Å². The molecule has 2 rings (SSSR count). The van der Waals surface area contributed by atoms with E-state index in [1.54, 1.807) is 38.5 Å². The van der Waals surface area contributed by atoms with Gasteiger partial charge in [0.25, 0.3) is 0 Å². The number of anilines is 2. The SMILES string of the molecule is C#Cc1cccc(NCC(=O)Nc2cc(OC)ccc2OC)c1. The van der Waals surface area contributed by atoms with Crippen molar-refractivity contribution in [3.05, 3.63) is 48.0 Å². The standard InChI is InChI=1S/C18H18N2O3/c1-4-13-6-5-7-14(10-13)19-12-18(21)20-16-11-15(22-2)8-9-17(16)23-3/h1,5-11,19H,12H2,2-3H3,(H,20,21). The van der Waals surface area contributed by atoms with E-state index in [4.69, 9.17) is 15.9 Å². The molecule has 0 fully saturated rings. The third-order valence-electron chi connectivity index (χ3n) is 3.16. The van der Waals surface area contributed by atoms with E-state index in [0.717, 1.165) is 11.3 Å². The second-order valence-corrected chi connectivity index (χ2v) is 4.69. The number of benzene rings is 2. The first-order valence-electron chi connectivity index (χ1n) is 6.98. The molecule has 0 unspecified atom stereocenters. The Balaban J connectivity index is 2.00. The zero-order valence-corrected chi connectivity index (χ0v) is 13.1. The number of rotatable bonds is 6. The molecule has 0 spiro atoms. The lowest BCUT2D eigenvalue weighted by Gasteiger charge is -2.12. The maximum Gasteiger partial charge on any atom is 0.243 e. The van der Waals surface area contributed by atoms with Crippen molar-refractivity contribution >= 4 is 17.3 Å². The van der Waals surface area contributed by atoms with Crippen molar-refractivity contribution in [3.63, 3.8) is 0 Å². The van der Waals surface area contributed by atoms with Crippen LogP contribution in [0.4, 0.5) is 11.4 Å². The third-order valence-corrected chi connectivity index (χ3v) is 3.16. The van der Waals surface area contributed by atoms with E-state index in [2.05, 4.69) is 16.6 Å². The number of nitrogens with one attached hydrogen (secondary N) is 2. The van der Waals surface area contributed by atoms with E-state index in [-0.39, 0.29) is 12.5 Å². The van der Waals surface area contributed by atoms with Crippen LogP contribution in [-0.2, 0) is 4.79 Å². The van der Waals surface area contributed by atoms with Gasteiger partial charge in [-0.1, -0.05) is 12.0 Å². The average Bonchev–Trinajstić information content (AvgIpc) is 2.60. The normalized spacial score (nSPS) is 9.61. The number of carbonyl (C=O) groups is 1. The molecule has 0 bridgehead atoms. The smallest absolute Gasteiger partial charge is 0.243 e. The van der Waals surface area contributed by atoms with E-state index in [1.807, 2.05) is 18.2 Å². The molecule has 0 heterocycles. The summed E-state index contributed by atoms with van der Waals surface area (Å²) >= 11 is 0. The Kier molecular flexibility index (Phi) is 5.48. The first-order valence-corrected chi connectivity index (χ1v) is 6.98. The number of hydrogen-bond acceptors (Lipinski definition) is 4. The summed E-state index contributed by atoms with van der Waals surface area (Å²) in [7, 11) is 3.11. The van der Waals surface area contributed by atoms with Gasteiger partial charge in [0.2, 0.25) is 5.91 Å². The number of methoxy groups -OCH3 is 2. The number of ether oxygens (including phenoxy) is 2. The fourth-order valence-corrected chi connectivity index (χ4v) is 2.01. The minimum absolute atomic E-state index is 0.106. The van der Waals surface area contributed by atoms with E-state index in [1.165, 1.54) is 0 Å². The third kappa shape index (κ3) is 4.42. The van der Waals surface area contributed by atoms with Crippen molar-refractivity contribution < 1.29 is 14.3 Å². The van der Waals surface area contributed by atoms with Crippen LogP contribution in [0.3, 0.4) is 0 Å². The van der Waals surface area contributed by atoms with Crippen LogP contribution in [0.1, 0.15) is 5.56 Å². The predicted molar refractivity (Wildman–Crippen MR) is 91.0 cm³/mol. The van der Waals surface area contributed by atoms with E-state index in [0.29, 0.717) is 17.2 Å². The lowest BCUT2D eigenvalue weighted by Crippen LogP contribution is -2.22. The molecule has 2 aromatic carbocycles. The topological polar surface area (TPSA) is 59.6 Å². The van der Waals surface area contributed by atoms with E-state index < -0.39 is 0 Å². The first-order chi connectivity index (χ1) is 11.2. The van der Waals surface area contributed by atoms with Gasteiger partial charge in [-0.2, -0.15) is 0 Å². The minimum atomic E-state index is -0.206. The van der Waals surface area contributed by atoms with Gasteiger partial charge in [-0.25, -0.2) is 0 Å². The lowest BCUT2D eigenvalue weighted by atomic mass is 10.2. The van der Waals surface area contributed by atoms with Crippen molar-refractivity contribution in [2.45, 2.75) is 0 Å². The van der Waals surface area contributed by atoms with Crippen LogP contribution in [-0.4, -0.2) is 26.7 Å². The highest BCUT2D eigenvalue weighted by molar-refractivity contribution is 5.95. The molecule has 0 radical (unpaired) electrons. The van der Waals surface area contributed by atoms with Crippen LogP contribution in [0, 0.1) is 12.3 Å². The van der Waals surface area contributed by atoms with Crippen LogP contribution in [0.5, 0.6) is 11.5 Å². The van der Waals surface area contributed by atoms with Crippen LogP contribution in [0.15, 0.2) is 42.5 Å². The van der Waals surface area contributed by atoms with Crippen molar-refractivity contribution in [1.29, 1.82) is 0 Å². The molecule has 5 heteroatoms. The van der Waals surface area contributed by atoms with Crippen LogP contribution in [0.25, 0.3) is 0 Å². The highest BCUT2D eigenvalue weighted by Crippen LogP contribution is 2.28. The van der Waals surface area contributed by atoms with Gasteiger partial charge >= 0.3 is 0 Å². The molecule has 0 aliphatic rings. The fourth-order valence-electron chi connectivity index (χ4n) is 2.01. The molecule has 23 heavy (non-hydrogen) atoms. The highest BCUT2D eigenvalue weighted by Gasteiger charge is 2.09. The van der Waals surface area contributed by atoms with Gasteiger partial charge in [0.15, 0.2) is 0 Å². The van der Waals surface area contributed by atoms with Gasteiger partial charge in [0, 0.05) is 17.3 Å². The summed E-state index contributed by atoms with van der Waals surface area (Å²) in [5, 5.41) is 5.81. The second kappa shape index (κ2) is 7.76. The Bertz CT molecular complexity index is 735. The molecule has 1 amide bonds. The summed E-state index contributed by atoms with van der Waals surface area (Å²) < 4.78 is 10.4. The average molecular weight is 310 g/mol. The van der Waals surface area contributed by atoms with Crippen molar-refractivity contribution in [2.24, 2.45) is 0 Å².